The standard InChI is InChI=1S/C18H25N3O2/c1-12-4-3-5-15-18(12)20-16(19-15)8-9-17(23)21-10-14(11-22)7-6-13(21)2/h3-5,13-14,22H,6-11H2,1-2H3,(H,19,20). The van der Waals surface area contributed by atoms with Crippen LogP contribution < -0.4 is 0 Å². The molecule has 1 saturated heterocycles. The number of likely N-dealkylation sites (tertiary alicyclic amines) is 1. The highest BCUT2D eigenvalue weighted by Gasteiger charge is 2.28. The fourth-order valence-corrected chi connectivity index (χ4v) is 3.39. The van der Waals surface area contributed by atoms with E-state index in [1.165, 1.54) is 0 Å². The van der Waals surface area contributed by atoms with Crippen LogP contribution in [0.3, 0.4) is 0 Å². The maximum absolute atomic E-state index is 12.5. The van der Waals surface area contributed by atoms with Gasteiger partial charge in [0.15, 0.2) is 0 Å². The SMILES string of the molecule is Cc1cccc2[nH]c(CCC(=O)N3CC(CO)CCC3C)nc12. The van der Waals surface area contributed by atoms with Crippen LogP contribution in [0.15, 0.2) is 18.2 Å². The van der Waals surface area contributed by atoms with E-state index in [-0.39, 0.29) is 24.5 Å². The number of nitrogens with zero attached hydrogens (tertiary/aromatic N) is 2. The molecule has 2 aromatic rings. The molecule has 1 aliphatic rings. The van der Waals surface area contributed by atoms with Crippen LogP contribution in [0, 0.1) is 12.8 Å². The number of amides is 1. The van der Waals surface area contributed by atoms with Crippen LogP contribution in [-0.4, -0.2) is 45.1 Å². The van der Waals surface area contributed by atoms with Gasteiger partial charge in [0, 0.05) is 32.0 Å². The van der Waals surface area contributed by atoms with Crippen molar-refractivity contribution in [1.29, 1.82) is 0 Å². The van der Waals surface area contributed by atoms with Gasteiger partial charge in [0.05, 0.1) is 11.0 Å². The van der Waals surface area contributed by atoms with Gasteiger partial charge in [-0.2, -0.15) is 0 Å². The van der Waals surface area contributed by atoms with Crippen molar-refractivity contribution in [1.82, 2.24) is 14.9 Å². The van der Waals surface area contributed by atoms with Gasteiger partial charge in [-0.05, 0) is 44.2 Å². The average molecular weight is 315 g/mol. The summed E-state index contributed by atoms with van der Waals surface area (Å²) in [5.41, 5.74) is 3.16. The van der Waals surface area contributed by atoms with Gasteiger partial charge < -0.3 is 15.0 Å². The number of H-pyrrole nitrogens is 1. The molecule has 1 amide bonds. The van der Waals surface area contributed by atoms with Crippen LogP contribution in [0.1, 0.15) is 37.6 Å². The molecular weight excluding hydrogens is 290 g/mol. The summed E-state index contributed by atoms with van der Waals surface area (Å²) in [7, 11) is 0. The van der Waals surface area contributed by atoms with E-state index in [0.717, 1.165) is 35.3 Å². The first-order valence-electron chi connectivity index (χ1n) is 8.43. The molecule has 124 valence electrons. The van der Waals surface area contributed by atoms with E-state index in [1.54, 1.807) is 0 Å². The highest BCUT2D eigenvalue weighted by Crippen LogP contribution is 2.23. The Hall–Kier alpha value is -1.88. The van der Waals surface area contributed by atoms with E-state index in [1.807, 2.05) is 30.0 Å². The lowest BCUT2D eigenvalue weighted by molar-refractivity contribution is -0.135. The Kier molecular flexibility index (Phi) is 4.66. The number of carbonyl (C=O) groups is 1. The lowest BCUT2D eigenvalue weighted by Gasteiger charge is -2.37. The Labute approximate surface area is 136 Å². The number of nitrogens with one attached hydrogen (secondary N) is 1. The van der Waals surface area contributed by atoms with Crippen molar-refractivity contribution < 1.29 is 9.90 Å². The number of fused-ring (bicyclic) bond motifs is 1. The minimum absolute atomic E-state index is 0.160. The second kappa shape index (κ2) is 6.71. The molecule has 0 bridgehead atoms. The largest absolute Gasteiger partial charge is 0.396 e. The third kappa shape index (κ3) is 3.39. The molecule has 23 heavy (non-hydrogen) atoms. The van der Waals surface area contributed by atoms with Crippen molar-refractivity contribution in [2.45, 2.75) is 45.6 Å². The van der Waals surface area contributed by atoms with E-state index < -0.39 is 0 Å². The Bertz CT molecular complexity index is 695. The highest BCUT2D eigenvalue weighted by molar-refractivity contribution is 5.79. The minimum atomic E-state index is 0.160. The first-order chi connectivity index (χ1) is 11.1. The van der Waals surface area contributed by atoms with Crippen molar-refractivity contribution >= 4 is 16.9 Å². The molecule has 1 aliphatic heterocycles. The molecule has 0 aliphatic carbocycles. The van der Waals surface area contributed by atoms with Crippen LogP contribution in [0.4, 0.5) is 0 Å². The predicted molar refractivity (Wildman–Crippen MR) is 90.1 cm³/mol. The third-order valence-corrected chi connectivity index (χ3v) is 4.90. The number of aromatic nitrogens is 2. The van der Waals surface area contributed by atoms with Gasteiger partial charge in [-0.3, -0.25) is 4.79 Å². The predicted octanol–water partition coefficient (Wildman–Crippen LogP) is 2.42. The number of aryl methyl sites for hydroxylation is 2. The maximum Gasteiger partial charge on any atom is 0.223 e. The van der Waals surface area contributed by atoms with Crippen LogP contribution >= 0.6 is 0 Å². The molecule has 2 unspecified atom stereocenters. The van der Waals surface area contributed by atoms with Crippen LogP contribution in [0.5, 0.6) is 0 Å². The molecule has 2 atom stereocenters. The van der Waals surface area contributed by atoms with Gasteiger partial charge in [-0.15, -0.1) is 0 Å². The summed E-state index contributed by atoms with van der Waals surface area (Å²) in [4.78, 5) is 22.4. The summed E-state index contributed by atoms with van der Waals surface area (Å²) in [6.07, 6.45) is 3.06. The minimum Gasteiger partial charge on any atom is -0.396 e. The van der Waals surface area contributed by atoms with Gasteiger partial charge in [0.2, 0.25) is 5.91 Å². The van der Waals surface area contributed by atoms with Crippen LogP contribution in [0.2, 0.25) is 0 Å². The maximum atomic E-state index is 12.5. The fraction of sp³-hybridized carbons (Fsp3) is 0.556. The first-order valence-corrected chi connectivity index (χ1v) is 8.43. The molecule has 1 aromatic heterocycles. The van der Waals surface area contributed by atoms with E-state index in [0.29, 0.717) is 19.4 Å². The highest BCUT2D eigenvalue weighted by atomic mass is 16.3. The molecule has 1 fully saturated rings. The fourth-order valence-electron chi connectivity index (χ4n) is 3.39. The number of imidazole rings is 1. The third-order valence-electron chi connectivity index (χ3n) is 4.90. The molecule has 0 saturated carbocycles. The number of carbonyl (C=O) groups excluding carboxylic acids is 1. The molecular formula is C18H25N3O2. The average Bonchev–Trinajstić information content (AvgIpc) is 2.98. The van der Waals surface area contributed by atoms with Gasteiger partial charge in [-0.1, -0.05) is 12.1 Å². The van der Waals surface area contributed by atoms with Gasteiger partial charge in [0.1, 0.15) is 5.82 Å². The van der Waals surface area contributed by atoms with Crippen LogP contribution in [-0.2, 0) is 11.2 Å². The summed E-state index contributed by atoms with van der Waals surface area (Å²) in [6.45, 7) is 4.98. The number of aliphatic hydroxyl groups is 1. The van der Waals surface area contributed by atoms with E-state index in [2.05, 4.69) is 16.9 Å². The van der Waals surface area contributed by atoms with Crippen molar-refractivity contribution in [3.8, 4) is 0 Å². The number of benzene rings is 1. The first kappa shape index (κ1) is 16.0. The Morgan fingerprint density at radius 1 is 1.43 bits per heavy atom. The number of hydrogen-bond donors (Lipinski definition) is 2. The molecule has 5 nitrogen and oxygen atoms in total. The summed E-state index contributed by atoms with van der Waals surface area (Å²) in [5, 5.41) is 9.34. The van der Waals surface area contributed by atoms with Crippen molar-refractivity contribution in [3.63, 3.8) is 0 Å². The number of aromatic amines is 1. The number of rotatable bonds is 4. The summed E-state index contributed by atoms with van der Waals surface area (Å²) in [6, 6.07) is 6.33. The van der Waals surface area contributed by atoms with E-state index >= 15 is 0 Å². The monoisotopic (exact) mass is 315 g/mol. The molecule has 3 rings (SSSR count). The topological polar surface area (TPSA) is 69.2 Å². The zero-order chi connectivity index (χ0) is 16.4. The Balaban J connectivity index is 1.64. The van der Waals surface area contributed by atoms with Gasteiger partial charge in [-0.25, -0.2) is 4.98 Å². The number of aliphatic hydroxyl groups excluding tert-OH is 1. The second-order valence-electron chi connectivity index (χ2n) is 6.68. The number of hydrogen-bond acceptors (Lipinski definition) is 3. The van der Waals surface area contributed by atoms with Crippen molar-refractivity contribution in [3.05, 3.63) is 29.6 Å². The Morgan fingerprint density at radius 3 is 3.00 bits per heavy atom. The molecule has 1 aromatic carbocycles. The summed E-state index contributed by atoms with van der Waals surface area (Å²) < 4.78 is 0. The van der Waals surface area contributed by atoms with Gasteiger partial charge in [0.25, 0.3) is 0 Å². The molecule has 0 spiro atoms. The van der Waals surface area contributed by atoms with Crippen molar-refractivity contribution in [2.75, 3.05) is 13.2 Å². The summed E-state index contributed by atoms with van der Waals surface area (Å²) in [5.74, 6) is 1.25. The smallest absolute Gasteiger partial charge is 0.223 e. The lowest BCUT2D eigenvalue weighted by atomic mass is 9.93. The number of piperidine rings is 1. The molecule has 0 radical (unpaired) electrons. The van der Waals surface area contributed by atoms with Gasteiger partial charge >= 0.3 is 0 Å². The quantitative estimate of drug-likeness (QED) is 0.910. The normalized spacial score (nSPS) is 21.8. The van der Waals surface area contributed by atoms with Crippen molar-refractivity contribution in [2.24, 2.45) is 5.92 Å². The molecule has 2 heterocycles. The molecule has 5 heteroatoms. The zero-order valence-electron chi connectivity index (χ0n) is 13.9. The lowest BCUT2D eigenvalue weighted by Crippen LogP contribution is -2.46. The second-order valence-corrected chi connectivity index (χ2v) is 6.68. The van der Waals surface area contributed by atoms with E-state index in [9.17, 15) is 9.90 Å². The molecule has 2 N–H and O–H groups in total. The Morgan fingerprint density at radius 2 is 2.26 bits per heavy atom. The van der Waals surface area contributed by atoms with E-state index in [4.69, 9.17) is 0 Å². The number of para-hydroxylation sites is 1. The van der Waals surface area contributed by atoms with Crippen LogP contribution in [0.25, 0.3) is 11.0 Å². The summed E-state index contributed by atoms with van der Waals surface area (Å²) >= 11 is 0. The zero-order valence-corrected chi connectivity index (χ0v) is 13.9.